The number of likely N-dealkylation sites (N-methyl/N-ethyl adjacent to an activating group) is 1. The SMILES string of the molecule is Cc1ccc2c(NCCN(C)CCNc3ccnc4cc(C)ccc34)ccnc2c1. The summed E-state index contributed by atoms with van der Waals surface area (Å²) in [4.78, 5) is 11.3. The molecule has 154 valence electrons. The number of fused-ring (bicyclic) bond motifs is 2. The second-order valence-corrected chi connectivity index (χ2v) is 7.92. The number of benzene rings is 2. The van der Waals surface area contributed by atoms with Gasteiger partial charge < -0.3 is 15.5 Å². The van der Waals surface area contributed by atoms with E-state index in [1.165, 1.54) is 21.9 Å². The Kier molecular flexibility index (Phi) is 6.10. The van der Waals surface area contributed by atoms with Gasteiger partial charge in [-0.3, -0.25) is 9.97 Å². The van der Waals surface area contributed by atoms with Gasteiger partial charge in [0.2, 0.25) is 0 Å². The van der Waals surface area contributed by atoms with Crippen LogP contribution in [0.15, 0.2) is 60.9 Å². The van der Waals surface area contributed by atoms with Crippen LogP contribution in [0.25, 0.3) is 21.8 Å². The first-order valence-electron chi connectivity index (χ1n) is 10.5. The Hall–Kier alpha value is -3.18. The van der Waals surface area contributed by atoms with Crippen molar-refractivity contribution in [2.24, 2.45) is 0 Å². The summed E-state index contributed by atoms with van der Waals surface area (Å²) in [5.41, 5.74) is 6.83. The van der Waals surface area contributed by atoms with E-state index in [9.17, 15) is 0 Å². The minimum atomic E-state index is 0.890. The molecule has 2 aromatic carbocycles. The van der Waals surface area contributed by atoms with Crippen LogP contribution in [0, 0.1) is 13.8 Å². The van der Waals surface area contributed by atoms with Crippen LogP contribution < -0.4 is 10.6 Å². The van der Waals surface area contributed by atoms with Crippen LogP contribution >= 0.6 is 0 Å². The molecule has 4 rings (SSSR count). The fourth-order valence-electron chi connectivity index (χ4n) is 3.70. The molecular formula is C25H29N5. The lowest BCUT2D eigenvalue weighted by atomic mass is 10.1. The van der Waals surface area contributed by atoms with E-state index in [2.05, 4.69) is 94.9 Å². The molecule has 0 aliphatic heterocycles. The largest absolute Gasteiger partial charge is 0.383 e. The molecule has 0 fully saturated rings. The number of aryl methyl sites for hydroxylation is 2. The van der Waals surface area contributed by atoms with Crippen LogP contribution in [0.2, 0.25) is 0 Å². The Balaban J connectivity index is 1.28. The lowest BCUT2D eigenvalue weighted by Gasteiger charge is -2.19. The molecule has 0 saturated heterocycles. The number of nitrogens with zero attached hydrogens (tertiary/aromatic N) is 3. The lowest BCUT2D eigenvalue weighted by molar-refractivity contribution is 0.361. The zero-order valence-corrected chi connectivity index (χ0v) is 17.9. The predicted octanol–water partition coefficient (Wildman–Crippen LogP) is 4.86. The highest BCUT2D eigenvalue weighted by atomic mass is 15.1. The summed E-state index contributed by atoms with van der Waals surface area (Å²) in [7, 11) is 2.16. The maximum absolute atomic E-state index is 4.48. The predicted molar refractivity (Wildman–Crippen MR) is 127 cm³/mol. The fourth-order valence-corrected chi connectivity index (χ4v) is 3.70. The molecule has 0 aliphatic rings. The Morgan fingerprint density at radius 2 is 1.17 bits per heavy atom. The lowest BCUT2D eigenvalue weighted by Crippen LogP contribution is -2.29. The summed E-state index contributed by atoms with van der Waals surface area (Å²) in [5.74, 6) is 0. The molecule has 2 heterocycles. The van der Waals surface area contributed by atoms with E-state index in [1.807, 2.05) is 12.4 Å². The molecule has 5 heteroatoms. The molecule has 0 aliphatic carbocycles. The van der Waals surface area contributed by atoms with Gasteiger partial charge in [0, 0.05) is 60.7 Å². The summed E-state index contributed by atoms with van der Waals surface area (Å²) in [5, 5.41) is 9.48. The number of aromatic nitrogens is 2. The number of rotatable bonds is 8. The third-order valence-electron chi connectivity index (χ3n) is 5.41. The van der Waals surface area contributed by atoms with E-state index in [1.54, 1.807) is 0 Å². The first-order valence-corrected chi connectivity index (χ1v) is 10.5. The fraction of sp³-hybridized carbons (Fsp3) is 0.280. The molecule has 0 spiro atoms. The first-order chi connectivity index (χ1) is 14.6. The summed E-state index contributed by atoms with van der Waals surface area (Å²) in [6.07, 6.45) is 3.75. The van der Waals surface area contributed by atoms with Gasteiger partial charge >= 0.3 is 0 Å². The van der Waals surface area contributed by atoms with Crippen molar-refractivity contribution in [3.8, 4) is 0 Å². The van der Waals surface area contributed by atoms with E-state index >= 15 is 0 Å². The quantitative estimate of drug-likeness (QED) is 0.443. The highest BCUT2D eigenvalue weighted by molar-refractivity contribution is 5.92. The molecule has 0 unspecified atom stereocenters. The van der Waals surface area contributed by atoms with Crippen LogP contribution in [0.3, 0.4) is 0 Å². The van der Waals surface area contributed by atoms with E-state index < -0.39 is 0 Å². The van der Waals surface area contributed by atoms with Crippen molar-refractivity contribution in [3.63, 3.8) is 0 Å². The molecule has 2 aromatic heterocycles. The molecular weight excluding hydrogens is 370 g/mol. The smallest absolute Gasteiger partial charge is 0.0725 e. The van der Waals surface area contributed by atoms with E-state index in [-0.39, 0.29) is 0 Å². The molecule has 2 N–H and O–H groups in total. The van der Waals surface area contributed by atoms with Gasteiger partial charge in [-0.15, -0.1) is 0 Å². The summed E-state index contributed by atoms with van der Waals surface area (Å²) in [6, 6.07) is 16.9. The molecule has 0 radical (unpaired) electrons. The van der Waals surface area contributed by atoms with Gasteiger partial charge in [0.25, 0.3) is 0 Å². The van der Waals surface area contributed by atoms with Crippen LogP contribution in [0.5, 0.6) is 0 Å². The summed E-state index contributed by atoms with van der Waals surface area (Å²) in [6.45, 7) is 7.91. The van der Waals surface area contributed by atoms with Crippen LogP contribution in [0.1, 0.15) is 11.1 Å². The standard InChI is InChI=1S/C25H29N5/c1-18-4-6-20-22(8-10-26-24(20)16-18)28-12-14-30(3)15-13-29-23-9-11-27-25-17-19(2)5-7-21(23)25/h4-11,16-17H,12-15H2,1-3H3,(H,26,28)(H,27,29). The van der Waals surface area contributed by atoms with Gasteiger partial charge in [-0.1, -0.05) is 24.3 Å². The van der Waals surface area contributed by atoms with Crippen molar-refractivity contribution >= 4 is 33.2 Å². The normalized spacial score (nSPS) is 11.3. The maximum Gasteiger partial charge on any atom is 0.0725 e. The van der Waals surface area contributed by atoms with Crippen LogP contribution in [-0.2, 0) is 0 Å². The number of anilines is 2. The highest BCUT2D eigenvalue weighted by Crippen LogP contribution is 2.23. The van der Waals surface area contributed by atoms with Crippen molar-refractivity contribution in [2.45, 2.75) is 13.8 Å². The van der Waals surface area contributed by atoms with Crippen LogP contribution in [-0.4, -0.2) is 48.1 Å². The van der Waals surface area contributed by atoms with E-state index in [0.717, 1.165) is 48.6 Å². The Morgan fingerprint density at radius 1 is 0.700 bits per heavy atom. The first kappa shape index (κ1) is 20.1. The second kappa shape index (κ2) is 9.09. The highest BCUT2D eigenvalue weighted by Gasteiger charge is 2.05. The van der Waals surface area contributed by atoms with Crippen molar-refractivity contribution in [1.29, 1.82) is 0 Å². The minimum Gasteiger partial charge on any atom is -0.383 e. The summed E-state index contributed by atoms with van der Waals surface area (Å²) < 4.78 is 0. The Bertz CT molecular complexity index is 1060. The third kappa shape index (κ3) is 4.69. The molecule has 5 nitrogen and oxygen atoms in total. The zero-order chi connectivity index (χ0) is 20.9. The second-order valence-electron chi connectivity index (χ2n) is 7.92. The topological polar surface area (TPSA) is 53.1 Å². The Labute approximate surface area is 178 Å². The Morgan fingerprint density at radius 3 is 1.63 bits per heavy atom. The number of pyridine rings is 2. The number of nitrogens with one attached hydrogen (secondary N) is 2. The molecule has 4 aromatic rings. The molecule has 0 saturated carbocycles. The minimum absolute atomic E-state index is 0.890. The van der Waals surface area contributed by atoms with Gasteiger partial charge in [0.05, 0.1) is 11.0 Å². The molecule has 0 atom stereocenters. The molecule has 0 bridgehead atoms. The third-order valence-corrected chi connectivity index (χ3v) is 5.41. The number of hydrogen-bond donors (Lipinski definition) is 2. The zero-order valence-electron chi connectivity index (χ0n) is 17.9. The number of hydrogen-bond acceptors (Lipinski definition) is 5. The van der Waals surface area contributed by atoms with Crippen LogP contribution in [0.4, 0.5) is 11.4 Å². The monoisotopic (exact) mass is 399 g/mol. The van der Waals surface area contributed by atoms with Crippen molar-refractivity contribution in [3.05, 3.63) is 72.1 Å². The van der Waals surface area contributed by atoms with Crippen molar-refractivity contribution in [1.82, 2.24) is 14.9 Å². The van der Waals surface area contributed by atoms with Gasteiger partial charge in [0.15, 0.2) is 0 Å². The summed E-state index contributed by atoms with van der Waals surface area (Å²) >= 11 is 0. The van der Waals surface area contributed by atoms with Gasteiger partial charge in [0.1, 0.15) is 0 Å². The average molecular weight is 400 g/mol. The maximum atomic E-state index is 4.48. The van der Waals surface area contributed by atoms with Crippen molar-refractivity contribution < 1.29 is 0 Å². The van der Waals surface area contributed by atoms with E-state index in [4.69, 9.17) is 0 Å². The van der Waals surface area contributed by atoms with Gasteiger partial charge in [-0.2, -0.15) is 0 Å². The van der Waals surface area contributed by atoms with Gasteiger partial charge in [-0.25, -0.2) is 0 Å². The molecule has 0 amide bonds. The van der Waals surface area contributed by atoms with Crippen molar-refractivity contribution in [2.75, 3.05) is 43.9 Å². The molecule has 30 heavy (non-hydrogen) atoms. The average Bonchev–Trinajstić information content (AvgIpc) is 2.73. The van der Waals surface area contributed by atoms with Gasteiger partial charge in [-0.05, 0) is 56.3 Å². The van der Waals surface area contributed by atoms with E-state index in [0.29, 0.717) is 0 Å².